The Bertz CT molecular complexity index is 288. The second kappa shape index (κ2) is 5.37. The highest BCUT2D eigenvalue weighted by Gasteiger charge is 2.37. The molecule has 3 heteroatoms. The average Bonchev–Trinajstić information content (AvgIpc) is 3.16. The molecule has 2 fully saturated rings. The third-order valence-electron chi connectivity index (χ3n) is 3.78. The second-order valence-electron chi connectivity index (χ2n) is 5.97. The molecule has 17 heavy (non-hydrogen) atoms. The Kier molecular flexibility index (Phi) is 4.06. The van der Waals surface area contributed by atoms with Gasteiger partial charge in [0.2, 0.25) is 0 Å². The summed E-state index contributed by atoms with van der Waals surface area (Å²) in [4.78, 5) is 2.56. The average molecular weight is 235 g/mol. The first-order valence-corrected chi connectivity index (χ1v) is 7.07. The first-order valence-electron chi connectivity index (χ1n) is 7.07. The molecule has 0 aliphatic heterocycles. The molecule has 0 bridgehead atoms. The van der Waals surface area contributed by atoms with E-state index in [1.54, 1.807) is 0 Å². The summed E-state index contributed by atoms with van der Waals surface area (Å²) < 4.78 is 0. The standard InChI is InChI=1S/C14H25N3/c1-3-8-16-14(2,10-15)11-17(13-6-7-13)9-12-4-5-12/h12-13,16H,3-9,11H2,1-2H3. The zero-order valence-corrected chi connectivity index (χ0v) is 11.2. The summed E-state index contributed by atoms with van der Waals surface area (Å²) >= 11 is 0. The molecule has 0 aromatic rings. The maximum Gasteiger partial charge on any atom is 0.116 e. The molecule has 1 N–H and O–H groups in total. The van der Waals surface area contributed by atoms with E-state index in [-0.39, 0.29) is 5.54 Å². The van der Waals surface area contributed by atoms with Crippen LogP contribution in [-0.2, 0) is 0 Å². The summed E-state index contributed by atoms with van der Waals surface area (Å²) in [5, 5.41) is 12.8. The van der Waals surface area contributed by atoms with Gasteiger partial charge in [-0.25, -0.2) is 0 Å². The summed E-state index contributed by atoms with van der Waals surface area (Å²) in [6.07, 6.45) is 6.55. The number of hydrogen-bond acceptors (Lipinski definition) is 3. The van der Waals surface area contributed by atoms with Crippen LogP contribution in [0.4, 0.5) is 0 Å². The molecule has 2 rings (SSSR count). The lowest BCUT2D eigenvalue weighted by Gasteiger charge is -2.31. The third-order valence-corrected chi connectivity index (χ3v) is 3.78. The van der Waals surface area contributed by atoms with Crippen molar-refractivity contribution in [1.82, 2.24) is 10.2 Å². The Labute approximate surface area is 105 Å². The molecule has 96 valence electrons. The fourth-order valence-electron chi connectivity index (χ4n) is 2.35. The van der Waals surface area contributed by atoms with Gasteiger partial charge in [-0.1, -0.05) is 6.92 Å². The van der Waals surface area contributed by atoms with Gasteiger partial charge in [-0.3, -0.25) is 10.2 Å². The van der Waals surface area contributed by atoms with Crippen LogP contribution in [0.3, 0.4) is 0 Å². The minimum absolute atomic E-state index is 0.368. The fraction of sp³-hybridized carbons (Fsp3) is 0.929. The van der Waals surface area contributed by atoms with Crippen LogP contribution in [-0.4, -0.2) is 36.1 Å². The molecule has 0 amide bonds. The maximum atomic E-state index is 9.37. The molecule has 3 nitrogen and oxygen atoms in total. The molecular formula is C14H25N3. The SMILES string of the molecule is CCCNC(C)(C#N)CN(CC1CC1)C1CC1. The molecule has 1 unspecified atom stereocenters. The van der Waals surface area contributed by atoms with Crippen molar-refractivity contribution in [1.29, 1.82) is 5.26 Å². The summed E-state index contributed by atoms with van der Waals surface area (Å²) in [6.45, 7) is 7.24. The largest absolute Gasteiger partial charge is 0.299 e. The van der Waals surface area contributed by atoms with E-state index in [2.05, 4.69) is 23.2 Å². The van der Waals surface area contributed by atoms with Crippen molar-refractivity contribution in [2.75, 3.05) is 19.6 Å². The number of nitrogens with one attached hydrogen (secondary N) is 1. The van der Waals surface area contributed by atoms with Gasteiger partial charge in [-0.15, -0.1) is 0 Å². The van der Waals surface area contributed by atoms with E-state index in [4.69, 9.17) is 0 Å². The molecule has 0 saturated heterocycles. The predicted octanol–water partition coefficient (Wildman–Crippen LogP) is 2.14. The van der Waals surface area contributed by atoms with E-state index in [1.165, 1.54) is 32.2 Å². The van der Waals surface area contributed by atoms with Crippen LogP contribution in [0.25, 0.3) is 0 Å². The van der Waals surface area contributed by atoms with Crippen LogP contribution in [0, 0.1) is 17.2 Å². The Morgan fingerprint density at radius 3 is 2.53 bits per heavy atom. The molecule has 0 aromatic heterocycles. The topological polar surface area (TPSA) is 39.1 Å². The summed E-state index contributed by atoms with van der Waals surface area (Å²) in [7, 11) is 0. The van der Waals surface area contributed by atoms with Gasteiger partial charge in [0.05, 0.1) is 6.07 Å². The molecule has 0 radical (unpaired) electrons. The van der Waals surface area contributed by atoms with Crippen molar-refractivity contribution < 1.29 is 0 Å². The smallest absolute Gasteiger partial charge is 0.116 e. The van der Waals surface area contributed by atoms with Gasteiger partial charge in [0, 0.05) is 19.1 Å². The summed E-state index contributed by atoms with van der Waals surface area (Å²) in [5.74, 6) is 0.921. The number of nitrogens with zero attached hydrogens (tertiary/aromatic N) is 2. The molecule has 1 atom stereocenters. The van der Waals surface area contributed by atoms with E-state index in [0.29, 0.717) is 0 Å². The highest BCUT2D eigenvalue weighted by atomic mass is 15.2. The first-order chi connectivity index (χ1) is 8.17. The van der Waals surface area contributed by atoms with Gasteiger partial charge >= 0.3 is 0 Å². The molecule has 0 spiro atoms. The number of rotatable bonds is 8. The van der Waals surface area contributed by atoms with Crippen LogP contribution in [0.15, 0.2) is 0 Å². The molecule has 2 saturated carbocycles. The lowest BCUT2D eigenvalue weighted by Crippen LogP contribution is -2.51. The van der Waals surface area contributed by atoms with E-state index in [1.807, 2.05) is 6.92 Å². The van der Waals surface area contributed by atoms with Gasteiger partial charge in [-0.05, 0) is 51.5 Å². The number of hydrogen-bond donors (Lipinski definition) is 1. The Morgan fingerprint density at radius 2 is 2.06 bits per heavy atom. The fourth-order valence-corrected chi connectivity index (χ4v) is 2.35. The molecule has 0 aromatic carbocycles. The summed E-state index contributed by atoms with van der Waals surface area (Å²) in [5.41, 5.74) is -0.368. The Morgan fingerprint density at radius 1 is 1.35 bits per heavy atom. The van der Waals surface area contributed by atoms with Crippen molar-refractivity contribution in [3.8, 4) is 6.07 Å². The quantitative estimate of drug-likeness (QED) is 0.700. The van der Waals surface area contributed by atoms with E-state index >= 15 is 0 Å². The van der Waals surface area contributed by atoms with Gasteiger partial charge in [0.15, 0.2) is 0 Å². The minimum atomic E-state index is -0.368. The maximum absolute atomic E-state index is 9.37. The van der Waals surface area contributed by atoms with Gasteiger partial charge in [-0.2, -0.15) is 5.26 Å². The molecule has 2 aliphatic carbocycles. The van der Waals surface area contributed by atoms with Crippen LogP contribution < -0.4 is 5.32 Å². The van der Waals surface area contributed by atoms with Crippen molar-refractivity contribution >= 4 is 0 Å². The zero-order chi connectivity index (χ0) is 12.3. The molecule has 2 aliphatic rings. The monoisotopic (exact) mass is 235 g/mol. The zero-order valence-electron chi connectivity index (χ0n) is 11.2. The van der Waals surface area contributed by atoms with Crippen molar-refractivity contribution in [2.45, 2.75) is 57.5 Å². The Hall–Kier alpha value is -0.590. The van der Waals surface area contributed by atoms with Crippen LogP contribution in [0.2, 0.25) is 0 Å². The molecular weight excluding hydrogens is 210 g/mol. The number of nitriles is 1. The van der Waals surface area contributed by atoms with Gasteiger partial charge in [0.1, 0.15) is 5.54 Å². The third kappa shape index (κ3) is 3.97. The van der Waals surface area contributed by atoms with Crippen molar-refractivity contribution in [3.63, 3.8) is 0 Å². The predicted molar refractivity (Wildman–Crippen MR) is 69.6 cm³/mol. The van der Waals surface area contributed by atoms with E-state index in [9.17, 15) is 5.26 Å². The molecule has 0 heterocycles. The van der Waals surface area contributed by atoms with Crippen molar-refractivity contribution in [3.05, 3.63) is 0 Å². The van der Waals surface area contributed by atoms with Crippen LogP contribution >= 0.6 is 0 Å². The van der Waals surface area contributed by atoms with Crippen molar-refractivity contribution in [2.24, 2.45) is 5.92 Å². The van der Waals surface area contributed by atoms with Crippen LogP contribution in [0.1, 0.15) is 46.0 Å². The van der Waals surface area contributed by atoms with Gasteiger partial charge < -0.3 is 0 Å². The van der Waals surface area contributed by atoms with E-state index in [0.717, 1.165) is 31.5 Å². The summed E-state index contributed by atoms with van der Waals surface area (Å²) in [6, 6.07) is 3.24. The van der Waals surface area contributed by atoms with Gasteiger partial charge in [0.25, 0.3) is 0 Å². The van der Waals surface area contributed by atoms with E-state index < -0.39 is 0 Å². The van der Waals surface area contributed by atoms with Crippen LogP contribution in [0.5, 0.6) is 0 Å². The normalized spacial score (nSPS) is 23.4. The lowest BCUT2D eigenvalue weighted by molar-refractivity contribution is 0.203. The first kappa shape index (κ1) is 12.9. The minimum Gasteiger partial charge on any atom is -0.299 e. The second-order valence-corrected chi connectivity index (χ2v) is 5.97. The highest BCUT2D eigenvalue weighted by Crippen LogP contribution is 2.35. The highest BCUT2D eigenvalue weighted by molar-refractivity contribution is 5.07. The lowest BCUT2D eigenvalue weighted by atomic mass is 10.0. The Balaban J connectivity index is 1.86.